The van der Waals surface area contributed by atoms with Crippen molar-refractivity contribution < 1.29 is 50.5 Å². The van der Waals surface area contributed by atoms with Crippen molar-refractivity contribution >= 4 is 52.9 Å². The molecule has 2 aliphatic rings. The normalized spacial score (nSPS) is 13.8. The minimum atomic E-state index is -3.67. The minimum Gasteiger partial charge on any atom is -0.406 e. The molecule has 2 fully saturated rings. The monoisotopic (exact) mass is 924 g/mol. The molecule has 3 N–H and O–H groups in total. The van der Waals surface area contributed by atoms with Crippen molar-refractivity contribution in [2.45, 2.75) is 0 Å². The van der Waals surface area contributed by atoms with Crippen molar-refractivity contribution in [1.29, 1.82) is 0 Å². The van der Waals surface area contributed by atoms with E-state index in [1.807, 2.05) is 48.5 Å². The first-order chi connectivity index (χ1) is 26.3. The molecule has 0 amide bonds. The van der Waals surface area contributed by atoms with Gasteiger partial charge < -0.3 is 5.73 Å². The van der Waals surface area contributed by atoms with Crippen molar-refractivity contribution in [3.05, 3.63) is 239 Å². The van der Waals surface area contributed by atoms with E-state index < -0.39 is 26.0 Å². The zero-order valence-corrected chi connectivity index (χ0v) is 35.9. The number of nitrogen functional groups attached to an aromatic ring is 1. The van der Waals surface area contributed by atoms with E-state index >= 15 is 0 Å². The van der Waals surface area contributed by atoms with E-state index in [0.29, 0.717) is 6.26 Å². The Labute approximate surface area is 362 Å². The van der Waals surface area contributed by atoms with Gasteiger partial charge in [0.05, 0.1) is 6.26 Å². The Kier molecular flexibility index (Phi) is 21.6. The molecular weight excluding hydrogens is 883 g/mol. The summed E-state index contributed by atoms with van der Waals surface area (Å²) >= 11 is 0. The number of para-hydroxylation sites is 1. The first-order valence-corrected chi connectivity index (χ1v) is 21.8. The van der Waals surface area contributed by atoms with Gasteiger partial charge in [-0.25, -0.2) is 0 Å². The first kappa shape index (κ1) is 47.4. The quantitative estimate of drug-likeness (QED) is 0.0551. The number of nitrogens with two attached hydrogens (primary N) is 1. The van der Waals surface area contributed by atoms with Crippen molar-refractivity contribution in [3.63, 3.8) is 0 Å². The maximum absolute atomic E-state index is 9.19. The van der Waals surface area contributed by atoms with Crippen LogP contribution in [0.5, 0.6) is 0 Å². The Morgan fingerprint density at radius 3 is 1.11 bits per heavy atom. The number of hydrogen-bond acceptors (Lipinski definition) is 3. The van der Waals surface area contributed by atoms with Gasteiger partial charge in [-0.3, -0.25) is 4.55 Å². The Balaban J connectivity index is 0.000000211. The molecule has 6 aromatic carbocycles. The van der Waals surface area contributed by atoms with Gasteiger partial charge in [-0.2, -0.15) is 8.42 Å². The van der Waals surface area contributed by atoms with Crippen LogP contribution in [0.3, 0.4) is 0 Å². The molecular formula is C47H42FeNO3P2PdS-. The van der Waals surface area contributed by atoms with Gasteiger partial charge >= 0.3 is 0 Å². The molecule has 8 rings (SSSR count). The van der Waals surface area contributed by atoms with Crippen LogP contribution in [0.1, 0.15) is 0 Å². The summed E-state index contributed by atoms with van der Waals surface area (Å²) in [5.41, 5.74) is 11.6. The van der Waals surface area contributed by atoms with E-state index in [4.69, 9.17) is 10.3 Å². The van der Waals surface area contributed by atoms with Crippen molar-refractivity contribution in [1.82, 2.24) is 0 Å². The number of hydrogen-bond donors (Lipinski definition) is 2. The minimum absolute atomic E-state index is 0. The van der Waals surface area contributed by atoms with Crippen LogP contribution in [0.2, 0.25) is 0 Å². The van der Waals surface area contributed by atoms with Crippen LogP contribution in [-0.4, -0.2) is 19.2 Å². The second-order valence-corrected chi connectivity index (χ2v) is 17.8. The average molecular weight is 925 g/mol. The summed E-state index contributed by atoms with van der Waals surface area (Å²) in [6.45, 7) is 0. The molecule has 9 heteroatoms. The van der Waals surface area contributed by atoms with Gasteiger partial charge in [0.15, 0.2) is 0 Å². The van der Waals surface area contributed by atoms with Crippen LogP contribution in [0.15, 0.2) is 170 Å². The largest absolute Gasteiger partial charge is 0.406 e. The van der Waals surface area contributed by atoms with Crippen LogP contribution >= 0.6 is 15.8 Å². The summed E-state index contributed by atoms with van der Waals surface area (Å²) in [6, 6.07) is 61.9. The van der Waals surface area contributed by atoms with Crippen molar-refractivity contribution in [3.8, 4) is 11.1 Å². The molecule has 10 radical (unpaired) electrons. The summed E-state index contributed by atoms with van der Waals surface area (Å²) in [4.78, 5) is 0. The molecule has 56 heavy (non-hydrogen) atoms. The van der Waals surface area contributed by atoms with E-state index in [2.05, 4.69) is 179 Å². The van der Waals surface area contributed by atoms with Crippen molar-refractivity contribution in [2.75, 3.05) is 12.0 Å². The molecule has 4 nitrogen and oxygen atoms in total. The first-order valence-electron chi connectivity index (χ1n) is 17.3. The Bertz CT molecular complexity index is 1860. The molecule has 288 valence electrons. The Morgan fingerprint density at radius 2 is 0.804 bits per heavy atom. The smallest absolute Gasteiger partial charge is 0.261 e. The molecule has 0 atom stereocenters. The van der Waals surface area contributed by atoms with E-state index in [9.17, 15) is 8.42 Å². The average Bonchev–Trinajstić information content (AvgIpc) is 3.94. The summed E-state index contributed by atoms with van der Waals surface area (Å²) in [6.07, 6.45) is 18.1. The second-order valence-electron chi connectivity index (χ2n) is 11.9. The maximum Gasteiger partial charge on any atom is 0.261 e. The molecule has 2 aliphatic carbocycles. The van der Waals surface area contributed by atoms with Gasteiger partial charge in [0.25, 0.3) is 10.1 Å². The standard InChI is InChI=1S/2C17H14P.C12H10N.CH4O3S.Fe.Pd/c2*1-3-9-15(10-4-1)18(17-13-7-8-14-17)16-11-5-2-6-12-16;13-12-9-5-4-8-11(12)10-6-2-1-3-7-10;1-5(2,3)4;;/h2*1-14H;1-6,8-9H,13H2;1H3,(H,2,3,4);;/q;;-1;;;. The Morgan fingerprint density at radius 1 is 0.500 bits per heavy atom. The zero-order valence-electron chi connectivity index (χ0n) is 30.6. The topological polar surface area (TPSA) is 80.4 Å². The molecule has 0 bridgehead atoms. The van der Waals surface area contributed by atoms with E-state index in [1.54, 1.807) is 0 Å². The maximum atomic E-state index is 9.19. The third-order valence-electron chi connectivity index (χ3n) is 7.82. The SMILES string of the molecule is CS(=O)(=O)O.Nc1ccccc1-c1[c-]cccc1.[CH]1[CH][CH][C](P(c2ccccc2)c2ccccc2)[CH]1.[CH]1[CH][CH][C](P(c2ccccc2)c2ccccc2)[CH]1.[Fe].[Pd]. The molecule has 2 saturated carbocycles. The van der Waals surface area contributed by atoms with Crippen LogP contribution < -0.4 is 27.0 Å². The zero-order chi connectivity index (χ0) is 38.0. The fourth-order valence-corrected chi connectivity index (χ4v) is 10.1. The summed E-state index contributed by atoms with van der Waals surface area (Å²) < 4.78 is 25.9. The van der Waals surface area contributed by atoms with Gasteiger partial charge in [0, 0.05) is 48.8 Å². The number of benzene rings is 6. The Hall–Kier alpha value is -2.93. The number of anilines is 1. The molecule has 0 aliphatic heterocycles. The molecule has 6 aromatic rings. The van der Waals surface area contributed by atoms with Gasteiger partial charge in [-0.1, -0.05) is 145 Å². The van der Waals surface area contributed by atoms with Crippen LogP contribution in [0.25, 0.3) is 11.1 Å². The van der Waals surface area contributed by atoms with Crippen molar-refractivity contribution in [2.24, 2.45) is 0 Å². The molecule has 0 spiro atoms. The van der Waals surface area contributed by atoms with E-state index in [0.717, 1.165) is 16.8 Å². The summed E-state index contributed by atoms with van der Waals surface area (Å²) in [5.74, 6) is 0. The number of rotatable bonds is 7. The molecule has 0 heterocycles. The summed E-state index contributed by atoms with van der Waals surface area (Å²) in [7, 11) is -4.48. The van der Waals surface area contributed by atoms with E-state index in [-0.39, 0.29) is 37.5 Å². The van der Waals surface area contributed by atoms with Crippen LogP contribution in [-0.2, 0) is 47.6 Å². The fourth-order valence-electron chi connectivity index (χ4n) is 5.53. The van der Waals surface area contributed by atoms with Gasteiger partial charge in [-0.15, -0.1) is 35.9 Å². The fraction of sp³-hybridized carbons (Fsp3) is 0.0213. The second kappa shape index (κ2) is 25.4. The van der Waals surface area contributed by atoms with Gasteiger partial charge in [0.1, 0.15) is 0 Å². The predicted octanol–water partition coefficient (Wildman–Crippen LogP) is 9.20. The summed E-state index contributed by atoms with van der Waals surface area (Å²) in [5, 5.41) is 5.63. The third kappa shape index (κ3) is 15.8. The van der Waals surface area contributed by atoms with Crippen LogP contribution in [0, 0.1) is 68.8 Å². The molecule has 0 aromatic heterocycles. The third-order valence-corrected chi connectivity index (χ3v) is 12.7. The molecule has 0 unspecified atom stereocenters. The van der Waals surface area contributed by atoms with Gasteiger partial charge in [-0.05, 0) is 100 Å². The van der Waals surface area contributed by atoms with Crippen LogP contribution in [0.4, 0.5) is 5.69 Å². The van der Waals surface area contributed by atoms with Gasteiger partial charge in [0.2, 0.25) is 0 Å². The molecule has 0 saturated heterocycles. The predicted molar refractivity (Wildman–Crippen MR) is 232 cm³/mol. The van der Waals surface area contributed by atoms with E-state index in [1.165, 1.54) is 32.5 Å².